The summed E-state index contributed by atoms with van der Waals surface area (Å²) in [6, 6.07) is 7.77. The number of carbonyl (C=O) groups is 1. The van der Waals surface area contributed by atoms with E-state index < -0.39 is 11.5 Å². The second-order valence-corrected chi connectivity index (χ2v) is 4.80. The summed E-state index contributed by atoms with van der Waals surface area (Å²) in [4.78, 5) is 11.5. The van der Waals surface area contributed by atoms with E-state index in [4.69, 9.17) is 4.74 Å². The lowest BCUT2D eigenvalue weighted by atomic mass is 9.91. The van der Waals surface area contributed by atoms with E-state index in [9.17, 15) is 9.90 Å². The molecule has 0 amide bonds. The number of hydrogen-bond acceptors (Lipinski definition) is 3. The summed E-state index contributed by atoms with van der Waals surface area (Å²) in [7, 11) is 1.60. The van der Waals surface area contributed by atoms with Gasteiger partial charge in [0.15, 0.2) is 0 Å². The summed E-state index contributed by atoms with van der Waals surface area (Å²) >= 11 is 0. The van der Waals surface area contributed by atoms with Crippen molar-refractivity contribution < 1.29 is 14.6 Å². The van der Waals surface area contributed by atoms with Crippen molar-refractivity contribution in [3.05, 3.63) is 35.4 Å². The molecule has 19 heavy (non-hydrogen) atoms. The maximum absolute atomic E-state index is 11.5. The highest BCUT2D eigenvalue weighted by molar-refractivity contribution is 5.80. The van der Waals surface area contributed by atoms with Gasteiger partial charge in [-0.15, -0.1) is 0 Å². The van der Waals surface area contributed by atoms with Crippen LogP contribution in [-0.4, -0.2) is 31.3 Å². The molecule has 1 aromatic carbocycles. The molecular weight excluding hydrogens is 242 g/mol. The lowest BCUT2D eigenvalue weighted by Gasteiger charge is -2.27. The van der Waals surface area contributed by atoms with Crippen LogP contribution in [0.15, 0.2) is 24.3 Å². The molecule has 4 nitrogen and oxygen atoms in total. The van der Waals surface area contributed by atoms with Gasteiger partial charge in [0.1, 0.15) is 5.54 Å². The first kappa shape index (κ1) is 15.7. The van der Waals surface area contributed by atoms with Gasteiger partial charge in [-0.2, -0.15) is 0 Å². The van der Waals surface area contributed by atoms with E-state index in [1.54, 1.807) is 14.0 Å². The summed E-state index contributed by atoms with van der Waals surface area (Å²) in [5.41, 5.74) is 0.912. The summed E-state index contributed by atoms with van der Waals surface area (Å²) < 4.78 is 4.95. The zero-order valence-electron chi connectivity index (χ0n) is 11.9. The van der Waals surface area contributed by atoms with Crippen LogP contribution in [-0.2, 0) is 21.5 Å². The van der Waals surface area contributed by atoms with Gasteiger partial charge in [-0.3, -0.25) is 5.32 Å². The highest BCUT2D eigenvalue weighted by Crippen LogP contribution is 2.22. The Labute approximate surface area is 114 Å². The maximum atomic E-state index is 11.5. The fraction of sp³-hybridized carbons (Fsp3) is 0.533. The third kappa shape index (κ3) is 4.04. The molecule has 0 saturated heterocycles. The number of methoxy groups -OCH3 is 1. The van der Waals surface area contributed by atoms with Crippen molar-refractivity contribution in [2.75, 3.05) is 20.3 Å². The van der Waals surface area contributed by atoms with Gasteiger partial charge in [0.25, 0.3) is 0 Å². The van der Waals surface area contributed by atoms with Crippen molar-refractivity contribution in [3.63, 3.8) is 0 Å². The second-order valence-electron chi connectivity index (χ2n) is 4.80. The third-order valence-corrected chi connectivity index (χ3v) is 3.28. The number of ether oxygens (including phenoxy) is 1. The molecule has 0 aliphatic rings. The molecule has 2 N–H and O–H groups in total. The number of benzene rings is 1. The van der Waals surface area contributed by atoms with Crippen LogP contribution in [0, 0.1) is 0 Å². The van der Waals surface area contributed by atoms with Gasteiger partial charge in [0, 0.05) is 13.7 Å². The Balaban J connectivity index is 2.88. The van der Waals surface area contributed by atoms with Gasteiger partial charge in [0.2, 0.25) is 0 Å². The molecule has 0 heterocycles. The Bertz CT molecular complexity index is 402. The Morgan fingerprint density at radius 1 is 1.37 bits per heavy atom. The average molecular weight is 265 g/mol. The Morgan fingerprint density at radius 2 is 2.00 bits per heavy atom. The molecular formula is C15H23NO3. The normalized spacial score (nSPS) is 14.1. The third-order valence-electron chi connectivity index (χ3n) is 3.28. The quantitative estimate of drug-likeness (QED) is 0.707. The van der Waals surface area contributed by atoms with E-state index in [1.165, 1.54) is 5.56 Å². The first-order valence-corrected chi connectivity index (χ1v) is 6.61. The number of nitrogens with one attached hydrogen (secondary N) is 1. The molecule has 1 atom stereocenters. The first-order chi connectivity index (χ1) is 9.04. The van der Waals surface area contributed by atoms with Crippen molar-refractivity contribution in [1.29, 1.82) is 0 Å². The Morgan fingerprint density at radius 3 is 2.47 bits per heavy atom. The lowest BCUT2D eigenvalue weighted by Crippen LogP contribution is -2.47. The monoisotopic (exact) mass is 265 g/mol. The van der Waals surface area contributed by atoms with Crippen LogP contribution in [0.1, 0.15) is 31.4 Å². The van der Waals surface area contributed by atoms with Crippen LogP contribution in [0.3, 0.4) is 0 Å². The summed E-state index contributed by atoms with van der Waals surface area (Å²) in [5, 5.41) is 12.5. The van der Waals surface area contributed by atoms with Crippen molar-refractivity contribution >= 4 is 5.97 Å². The molecule has 0 saturated carbocycles. The zero-order chi connectivity index (χ0) is 14.3. The number of carboxylic acids is 1. The lowest BCUT2D eigenvalue weighted by molar-refractivity contribution is -0.144. The molecule has 0 spiro atoms. The highest BCUT2D eigenvalue weighted by atomic mass is 16.5. The van der Waals surface area contributed by atoms with Gasteiger partial charge in [-0.05, 0) is 24.5 Å². The van der Waals surface area contributed by atoms with E-state index in [1.807, 2.05) is 24.3 Å². The Kier molecular flexibility index (Phi) is 5.99. The molecule has 1 unspecified atom stereocenters. The zero-order valence-corrected chi connectivity index (χ0v) is 11.9. The minimum Gasteiger partial charge on any atom is -0.480 e. The van der Waals surface area contributed by atoms with Crippen LogP contribution in [0.2, 0.25) is 0 Å². The largest absolute Gasteiger partial charge is 0.480 e. The van der Waals surface area contributed by atoms with E-state index in [2.05, 4.69) is 12.2 Å². The van der Waals surface area contributed by atoms with Gasteiger partial charge < -0.3 is 9.84 Å². The van der Waals surface area contributed by atoms with Crippen molar-refractivity contribution in [2.45, 2.75) is 32.2 Å². The molecule has 0 aliphatic carbocycles. The van der Waals surface area contributed by atoms with Crippen LogP contribution in [0.25, 0.3) is 0 Å². The molecule has 0 fully saturated rings. The van der Waals surface area contributed by atoms with Crippen LogP contribution < -0.4 is 5.32 Å². The molecule has 0 aromatic heterocycles. The smallest absolute Gasteiger partial charge is 0.328 e. The van der Waals surface area contributed by atoms with Gasteiger partial charge in [-0.1, -0.05) is 37.6 Å². The first-order valence-electron chi connectivity index (χ1n) is 6.61. The van der Waals surface area contributed by atoms with E-state index in [-0.39, 0.29) is 0 Å². The van der Waals surface area contributed by atoms with Crippen molar-refractivity contribution in [1.82, 2.24) is 5.32 Å². The number of rotatable bonds is 8. The van der Waals surface area contributed by atoms with Crippen molar-refractivity contribution in [2.24, 2.45) is 0 Å². The predicted octanol–water partition coefficient (Wildman–Crippen LogP) is 2.17. The van der Waals surface area contributed by atoms with Crippen molar-refractivity contribution in [3.8, 4) is 0 Å². The van der Waals surface area contributed by atoms with Gasteiger partial charge >= 0.3 is 5.97 Å². The second kappa shape index (κ2) is 7.26. The van der Waals surface area contributed by atoms with E-state index in [0.29, 0.717) is 13.2 Å². The van der Waals surface area contributed by atoms with Crippen LogP contribution in [0.5, 0.6) is 0 Å². The number of aliphatic carboxylic acids is 1. The predicted molar refractivity (Wildman–Crippen MR) is 75.3 cm³/mol. The SMILES string of the molecule is CCCc1ccc(C(C)(NCCOC)C(=O)O)cc1. The van der Waals surface area contributed by atoms with Crippen LogP contribution >= 0.6 is 0 Å². The molecule has 0 radical (unpaired) electrons. The topological polar surface area (TPSA) is 58.6 Å². The van der Waals surface area contributed by atoms with Gasteiger partial charge in [-0.25, -0.2) is 4.79 Å². The minimum absolute atomic E-state index is 0.483. The molecule has 1 aromatic rings. The number of hydrogen-bond donors (Lipinski definition) is 2. The highest BCUT2D eigenvalue weighted by Gasteiger charge is 2.34. The molecule has 4 heteroatoms. The fourth-order valence-electron chi connectivity index (χ4n) is 2.00. The van der Waals surface area contributed by atoms with E-state index >= 15 is 0 Å². The summed E-state index contributed by atoms with van der Waals surface area (Å²) in [6.07, 6.45) is 2.10. The van der Waals surface area contributed by atoms with Crippen LogP contribution in [0.4, 0.5) is 0 Å². The fourth-order valence-corrected chi connectivity index (χ4v) is 2.00. The molecule has 0 bridgehead atoms. The number of carboxylic acid groups (broad SMARTS) is 1. The summed E-state index contributed by atoms with van der Waals surface area (Å²) in [5.74, 6) is -0.883. The minimum atomic E-state index is -1.08. The Hall–Kier alpha value is -1.39. The van der Waals surface area contributed by atoms with Gasteiger partial charge in [0.05, 0.1) is 6.61 Å². The number of aryl methyl sites for hydroxylation is 1. The molecule has 1 rings (SSSR count). The summed E-state index contributed by atoms with van der Waals surface area (Å²) in [6.45, 7) is 4.79. The average Bonchev–Trinajstić information content (AvgIpc) is 2.40. The maximum Gasteiger partial charge on any atom is 0.328 e. The standard InChI is InChI=1S/C15H23NO3/c1-4-5-12-6-8-13(9-7-12)15(2,14(17)18)16-10-11-19-3/h6-9,16H,4-5,10-11H2,1-3H3,(H,17,18). The molecule has 0 aliphatic heterocycles. The van der Waals surface area contributed by atoms with E-state index in [0.717, 1.165) is 18.4 Å². The molecule has 106 valence electrons.